The first-order valence-corrected chi connectivity index (χ1v) is 11.5. The molecule has 1 fully saturated rings. The van der Waals surface area contributed by atoms with Crippen molar-refractivity contribution in [3.8, 4) is 11.5 Å². The van der Waals surface area contributed by atoms with E-state index in [2.05, 4.69) is 4.98 Å². The number of hydrogen-bond acceptors (Lipinski definition) is 6. The van der Waals surface area contributed by atoms with Crippen LogP contribution in [0.4, 0.5) is 0 Å². The maximum Gasteiger partial charge on any atom is 0.295 e. The summed E-state index contributed by atoms with van der Waals surface area (Å²) in [5.41, 5.74) is 1.76. The monoisotopic (exact) mass is 478 g/mol. The van der Waals surface area contributed by atoms with Crippen LogP contribution in [0.25, 0.3) is 11.4 Å². The highest BCUT2D eigenvalue weighted by Gasteiger charge is 2.45. The quantitative estimate of drug-likeness (QED) is 0.286. The standard InChI is InChI=1S/C26H30N4O5/c1-16-21(29-14-7-6-12-19(29)27-16)23(31)20-22(17-10-8-11-18(34-4)25(17)35-5)30(26(33)24(20)32)15-9-13-28(2)3/h6-8,10-12,14,22,31H,9,13,15H2,1-5H3. The number of carbonyl (C=O) groups excluding carboxylic acids is 2. The van der Waals surface area contributed by atoms with Gasteiger partial charge in [0.25, 0.3) is 5.91 Å². The number of ketones is 1. The number of pyridine rings is 1. The summed E-state index contributed by atoms with van der Waals surface area (Å²) >= 11 is 0. The number of benzene rings is 1. The SMILES string of the molecule is COc1cccc(C2C(=C([O-])c3c(C)nc4ccccn34)C(=O)C(=O)N2CCC[NH+](C)C)c1OC. The van der Waals surface area contributed by atoms with E-state index in [4.69, 9.17) is 9.47 Å². The first kappa shape index (κ1) is 24.3. The van der Waals surface area contributed by atoms with Gasteiger partial charge >= 0.3 is 0 Å². The number of methoxy groups -OCH3 is 2. The molecule has 35 heavy (non-hydrogen) atoms. The molecular formula is C26H30N4O5. The summed E-state index contributed by atoms with van der Waals surface area (Å²) in [5, 5.41) is 14.0. The predicted molar refractivity (Wildman–Crippen MR) is 128 cm³/mol. The number of nitrogens with zero attached hydrogens (tertiary/aromatic N) is 3. The summed E-state index contributed by atoms with van der Waals surface area (Å²) in [5.74, 6) is -1.18. The lowest BCUT2D eigenvalue weighted by Gasteiger charge is -2.29. The Labute approximate surface area is 204 Å². The number of para-hydroxylation sites is 1. The van der Waals surface area contributed by atoms with Gasteiger partial charge in [0, 0.05) is 30.3 Å². The van der Waals surface area contributed by atoms with Gasteiger partial charge in [-0.3, -0.25) is 9.59 Å². The fourth-order valence-electron chi connectivity index (χ4n) is 4.67. The number of ether oxygens (including phenoxy) is 2. The number of Topliss-reactive ketones (excluding diaryl/α,β-unsaturated/α-hetero) is 1. The first-order valence-electron chi connectivity index (χ1n) is 11.5. The second-order valence-corrected chi connectivity index (χ2v) is 8.84. The van der Waals surface area contributed by atoms with Crippen molar-refractivity contribution >= 4 is 23.1 Å². The Morgan fingerprint density at radius 3 is 2.57 bits per heavy atom. The van der Waals surface area contributed by atoms with Crippen molar-refractivity contribution in [2.75, 3.05) is 41.4 Å². The summed E-state index contributed by atoms with van der Waals surface area (Å²) in [6, 6.07) is 9.75. The van der Waals surface area contributed by atoms with Crippen LogP contribution >= 0.6 is 0 Å². The Morgan fingerprint density at radius 2 is 1.89 bits per heavy atom. The van der Waals surface area contributed by atoms with Crippen LogP contribution in [0.15, 0.2) is 48.2 Å². The molecule has 4 rings (SSSR count). The number of aromatic nitrogens is 2. The number of amides is 1. The van der Waals surface area contributed by atoms with Crippen molar-refractivity contribution in [1.82, 2.24) is 14.3 Å². The summed E-state index contributed by atoms with van der Waals surface area (Å²) in [6.45, 7) is 2.85. The van der Waals surface area contributed by atoms with Gasteiger partial charge in [-0.05, 0) is 25.1 Å². The van der Waals surface area contributed by atoms with Gasteiger partial charge in [-0.1, -0.05) is 24.0 Å². The summed E-state index contributed by atoms with van der Waals surface area (Å²) < 4.78 is 12.7. The molecule has 1 aliphatic rings. The topological polar surface area (TPSA) is 101 Å². The number of carbonyl (C=O) groups is 2. The zero-order valence-electron chi connectivity index (χ0n) is 20.6. The number of hydrogen-bond donors (Lipinski definition) is 1. The molecule has 0 spiro atoms. The van der Waals surface area contributed by atoms with Crippen LogP contribution in [0.3, 0.4) is 0 Å². The van der Waals surface area contributed by atoms with E-state index >= 15 is 0 Å². The Balaban J connectivity index is 1.95. The van der Waals surface area contributed by atoms with Gasteiger partial charge in [-0.2, -0.15) is 0 Å². The minimum Gasteiger partial charge on any atom is -0.871 e. The molecule has 2 aromatic heterocycles. The molecule has 1 aliphatic heterocycles. The third-order valence-corrected chi connectivity index (χ3v) is 6.25. The highest BCUT2D eigenvalue weighted by atomic mass is 16.5. The molecule has 3 aromatic rings. The number of fused-ring (bicyclic) bond motifs is 1. The predicted octanol–water partition coefficient (Wildman–Crippen LogP) is 0.419. The van der Waals surface area contributed by atoms with Crippen LogP contribution in [0.5, 0.6) is 11.5 Å². The smallest absolute Gasteiger partial charge is 0.295 e. The van der Waals surface area contributed by atoms with Gasteiger partial charge in [0.2, 0.25) is 5.78 Å². The van der Waals surface area contributed by atoms with Crippen molar-refractivity contribution in [2.45, 2.75) is 19.4 Å². The number of rotatable bonds is 8. The maximum atomic E-state index is 14.0. The number of quaternary nitrogens is 1. The molecule has 1 saturated heterocycles. The second-order valence-electron chi connectivity index (χ2n) is 8.84. The lowest BCUT2D eigenvalue weighted by molar-refractivity contribution is -0.858. The number of likely N-dealkylation sites (tertiary alicyclic amines) is 1. The van der Waals surface area contributed by atoms with E-state index in [1.54, 1.807) is 47.9 Å². The van der Waals surface area contributed by atoms with Crippen molar-refractivity contribution in [3.63, 3.8) is 0 Å². The molecule has 1 N–H and O–H groups in total. The van der Waals surface area contributed by atoms with Gasteiger partial charge in [-0.15, -0.1) is 0 Å². The molecule has 3 heterocycles. The Hall–Kier alpha value is -3.85. The van der Waals surface area contributed by atoms with E-state index in [1.807, 2.05) is 20.2 Å². The average molecular weight is 479 g/mol. The summed E-state index contributed by atoms with van der Waals surface area (Å²) in [6.07, 6.45) is 2.39. The third kappa shape index (κ3) is 4.23. The molecule has 0 aliphatic carbocycles. The van der Waals surface area contributed by atoms with E-state index in [9.17, 15) is 14.7 Å². The van der Waals surface area contributed by atoms with Crippen LogP contribution in [0.1, 0.15) is 29.4 Å². The molecule has 1 atom stereocenters. The van der Waals surface area contributed by atoms with Crippen molar-refractivity contribution in [2.24, 2.45) is 0 Å². The van der Waals surface area contributed by atoms with Crippen LogP contribution < -0.4 is 19.5 Å². The van der Waals surface area contributed by atoms with Crippen LogP contribution in [0.2, 0.25) is 0 Å². The van der Waals surface area contributed by atoms with E-state index in [1.165, 1.54) is 24.0 Å². The van der Waals surface area contributed by atoms with Gasteiger partial charge < -0.3 is 28.8 Å². The fourth-order valence-corrected chi connectivity index (χ4v) is 4.67. The van der Waals surface area contributed by atoms with Crippen molar-refractivity contribution in [1.29, 1.82) is 0 Å². The fraction of sp³-hybridized carbons (Fsp3) is 0.346. The van der Waals surface area contributed by atoms with Gasteiger partial charge in [0.05, 0.1) is 52.3 Å². The lowest BCUT2D eigenvalue weighted by Crippen LogP contribution is -3.05. The normalized spacial score (nSPS) is 17.5. The number of aryl methyl sites for hydroxylation is 1. The van der Waals surface area contributed by atoms with Crippen molar-refractivity contribution in [3.05, 3.63) is 65.1 Å². The summed E-state index contributed by atoms with van der Waals surface area (Å²) in [4.78, 5) is 33.8. The average Bonchev–Trinajstić information content (AvgIpc) is 3.31. The minimum absolute atomic E-state index is 0.104. The Kier molecular flexibility index (Phi) is 6.79. The zero-order chi connectivity index (χ0) is 25.3. The maximum absolute atomic E-state index is 14.0. The highest BCUT2D eigenvalue weighted by molar-refractivity contribution is 6.46. The molecule has 0 radical (unpaired) electrons. The summed E-state index contributed by atoms with van der Waals surface area (Å²) in [7, 11) is 7.06. The Bertz CT molecular complexity index is 1310. The molecular weight excluding hydrogens is 448 g/mol. The lowest BCUT2D eigenvalue weighted by atomic mass is 9.95. The molecule has 9 heteroatoms. The molecule has 184 valence electrons. The number of nitrogens with one attached hydrogen (secondary N) is 1. The van der Waals surface area contributed by atoms with Crippen LogP contribution in [0, 0.1) is 6.92 Å². The van der Waals surface area contributed by atoms with E-state index in [0.717, 1.165) is 6.54 Å². The molecule has 0 bridgehead atoms. The molecule has 1 unspecified atom stereocenters. The van der Waals surface area contributed by atoms with E-state index in [0.29, 0.717) is 41.4 Å². The van der Waals surface area contributed by atoms with E-state index < -0.39 is 23.5 Å². The van der Waals surface area contributed by atoms with Gasteiger partial charge in [0.1, 0.15) is 5.65 Å². The van der Waals surface area contributed by atoms with Crippen LogP contribution in [-0.4, -0.2) is 67.4 Å². The van der Waals surface area contributed by atoms with Crippen LogP contribution in [-0.2, 0) is 9.59 Å². The third-order valence-electron chi connectivity index (χ3n) is 6.25. The van der Waals surface area contributed by atoms with E-state index in [-0.39, 0.29) is 11.3 Å². The van der Waals surface area contributed by atoms with Crippen molar-refractivity contribution < 1.29 is 29.1 Å². The molecule has 9 nitrogen and oxygen atoms in total. The largest absolute Gasteiger partial charge is 0.871 e. The molecule has 1 aromatic carbocycles. The second kappa shape index (κ2) is 9.79. The van der Waals surface area contributed by atoms with Gasteiger partial charge in [-0.25, -0.2) is 4.98 Å². The first-order chi connectivity index (χ1) is 16.8. The minimum atomic E-state index is -0.904. The van der Waals surface area contributed by atoms with Gasteiger partial charge in [0.15, 0.2) is 11.5 Å². The highest BCUT2D eigenvalue weighted by Crippen LogP contribution is 2.45. The molecule has 0 saturated carbocycles. The Morgan fingerprint density at radius 1 is 1.11 bits per heavy atom. The zero-order valence-corrected chi connectivity index (χ0v) is 20.6. The molecule has 1 amide bonds. The number of imidazole rings is 1.